The number of carbonyl (C=O) groups excluding carboxylic acids is 1. The maximum atomic E-state index is 11.8. The van der Waals surface area contributed by atoms with E-state index in [-0.39, 0.29) is 12.2 Å². The number of thiocarbonyl (C=S) groups is 1. The van der Waals surface area contributed by atoms with E-state index in [1.165, 1.54) is 18.4 Å². The highest BCUT2D eigenvalue weighted by atomic mass is 35.5. The van der Waals surface area contributed by atoms with E-state index < -0.39 is 5.97 Å². The summed E-state index contributed by atoms with van der Waals surface area (Å²) < 4.78 is 11.4. The SMILES string of the molecule is COC(=O)c1sc2cc(NC(=S)N3C[C@H](C)O[C@@H](C)C3)ccc2c1Cl. The van der Waals surface area contributed by atoms with Crippen LogP contribution in [0.4, 0.5) is 5.69 Å². The first kappa shape index (κ1) is 18.4. The van der Waals surface area contributed by atoms with E-state index in [2.05, 4.69) is 10.2 Å². The van der Waals surface area contributed by atoms with Gasteiger partial charge in [-0.25, -0.2) is 4.79 Å². The van der Waals surface area contributed by atoms with Crippen LogP contribution in [-0.2, 0) is 9.47 Å². The Morgan fingerprint density at radius 2 is 2.08 bits per heavy atom. The summed E-state index contributed by atoms with van der Waals surface area (Å²) in [4.78, 5) is 14.3. The third-order valence-corrected chi connectivity index (χ3v) is 5.96. The van der Waals surface area contributed by atoms with E-state index in [9.17, 15) is 4.79 Å². The number of anilines is 1. The van der Waals surface area contributed by atoms with Crippen molar-refractivity contribution < 1.29 is 14.3 Å². The molecule has 25 heavy (non-hydrogen) atoms. The van der Waals surface area contributed by atoms with Gasteiger partial charge in [0.15, 0.2) is 5.11 Å². The van der Waals surface area contributed by atoms with E-state index in [1.807, 2.05) is 32.0 Å². The van der Waals surface area contributed by atoms with Crippen LogP contribution in [0.25, 0.3) is 10.1 Å². The quantitative estimate of drug-likeness (QED) is 0.605. The Morgan fingerprint density at radius 3 is 2.72 bits per heavy atom. The molecule has 8 heteroatoms. The number of ether oxygens (including phenoxy) is 2. The zero-order valence-corrected chi connectivity index (χ0v) is 16.6. The van der Waals surface area contributed by atoms with Crippen LogP contribution in [0.5, 0.6) is 0 Å². The molecule has 2 atom stereocenters. The third kappa shape index (κ3) is 3.89. The molecule has 0 radical (unpaired) electrons. The number of methoxy groups -OCH3 is 1. The van der Waals surface area contributed by atoms with Crippen LogP contribution in [0.1, 0.15) is 23.5 Å². The van der Waals surface area contributed by atoms with Crippen LogP contribution in [-0.4, -0.2) is 48.4 Å². The fourth-order valence-electron chi connectivity index (χ4n) is 2.91. The number of thiophene rings is 1. The van der Waals surface area contributed by atoms with Crippen molar-refractivity contribution in [3.05, 3.63) is 28.1 Å². The standard InChI is InChI=1S/C17H19ClN2O3S2/c1-9-7-20(8-10(2)23-9)17(24)19-11-4-5-12-13(6-11)25-15(14(12)18)16(21)22-3/h4-6,9-10H,7-8H2,1-3H3,(H,19,24)/t9-,10-/m0/s1. The zero-order chi connectivity index (χ0) is 18.1. The molecule has 1 aliphatic rings. The molecule has 134 valence electrons. The van der Waals surface area contributed by atoms with Gasteiger partial charge < -0.3 is 19.7 Å². The number of benzene rings is 1. The van der Waals surface area contributed by atoms with Crippen LogP contribution in [0, 0.1) is 0 Å². The van der Waals surface area contributed by atoms with E-state index in [0.717, 1.165) is 28.9 Å². The molecule has 5 nitrogen and oxygen atoms in total. The van der Waals surface area contributed by atoms with Crippen molar-refractivity contribution in [1.82, 2.24) is 4.90 Å². The maximum Gasteiger partial charge on any atom is 0.349 e. The second-order valence-electron chi connectivity index (χ2n) is 6.04. The summed E-state index contributed by atoms with van der Waals surface area (Å²) in [6.07, 6.45) is 0.286. The summed E-state index contributed by atoms with van der Waals surface area (Å²) in [5.41, 5.74) is 0.860. The van der Waals surface area contributed by atoms with Gasteiger partial charge in [-0.2, -0.15) is 0 Å². The molecule has 1 aliphatic heterocycles. The zero-order valence-electron chi connectivity index (χ0n) is 14.2. The molecule has 0 saturated carbocycles. The van der Waals surface area contributed by atoms with Crippen molar-refractivity contribution in [2.24, 2.45) is 0 Å². The Bertz CT molecular complexity index is 814. The van der Waals surface area contributed by atoms with E-state index in [1.54, 1.807) is 0 Å². The van der Waals surface area contributed by atoms with Crippen LogP contribution in [0.15, 0.2) is 18.2 Å². The summed E-state index contributed by atoms with van der Waals surface area (Å²) in [7, 11) is 1.35. The summed E-state index contributed by atoms with van der Waals surface area (Å²) in [6.45, 7) is 5.60. The van der Waals surface area contributed by atoms with Gasteiger partial charge in [0, 0.05) is 28.9 Å². The predicted molar refractivity (Wildman–Crippen MR) is 106 cm³/mol. The van der Waals surface area contributed by atoms with Gasteiger partial charge in [0.05, 0.1) is 24.3 Å². The van der Waals surface area contributed by atoms with Crippen molar-refractivity contribution >= 4 is 62.0 Å². The van der Waals surface area contributed by atoms with Gasteiger partial charge >= 0.3 is 5.97 Å². The van der Waals surface area contributed by atoms with Gasteiger partial charge in [0.2, 0.25) is 0 Å². The number of esters is 1. The van der Waals surface area contributed by atoms with Gasteiger partial charge in [0.1, 0.15) is 4.88 Å². The van der Waals surface area contributed by atoms with Crippen molar-refractivity contribution in [1.29, 1.82) is 0 Å². The molecule has 1 aromatic heterocycles. The molecule has 3 rings (SSSR count). The minimum absolute atomic E-state index is 0.143. The molecule has 1 aromatic carbocycles. The van der Waals surface area contributed by atoms with Gasteiger partial charge in [-0.05, 0) is 44.3 Å². The summed E-state index contributed by atoms with van der Waals surface area (Å²) in [6, 6.07) is 5.73. The van der Waals surface area contributed by atoms with E-state index >= 15 is 0 Å². The average molecular weight is 399 g/mol. The molecule has 0 aliphatic carbocycles. The fraction of sp³-hybridized carbons (Fsp3) is 0.412. The third-order valence-electron chi connectivity index (χ3n) is 3.96. The van der Waals surface area contributed by atoms with Crippen LogP contribution in [0.2, 0.25) is 5.02 Å². The molecule has 0 bridgehead atoms. The lowest BCUT2D eigenvalue weighted by Crippen LogP contribution is -2.49. The molecular weight excluding hydrogens is 380 g/mol. The maximum absolute atomic E-state index is 11.8. The predicted octanol–water partition coefficient (Wildman–Crippen LogP) is 4.15. The summed E-state index contributed by atoms with van der Waals surface area (Å²) in [5.74, 6) is -0.424. The van der Waals surface area contributed by atoms with Crippen LogP contribution < -0.4 is 5.32 Å². The number of morpholine rings is 1. The molecule has 1 N–H and O–H groups in total. The fourth-order valence-corrected chi connectivity index (χ4v) is 4.65. The van der Waals surface area contributed by atoms with Gasteiger partial charge in [-0.15, -0.1) is 11.3 Å². The number of hydrogen-bond donors (Lipinski definition) is 1. The molecule has 1 fully saturated rings. The number of nitrogens with zero attached hydrogens (tertiary/aromatic N) is 1. The van der Waals surface area contributed by atoms with Crippen LogP contribution >= 0.6 is 35.2 Å². The summed E-state index contributed by atoms with van der Waals surface area (Å²) in [5, 5.41) is 5.19. The number of hydrogen-bond acceptors (Lipinski definition) is 5. The first-order chi connectivity index (χ1) is 11.9. The molecule has 2 heterocycles. The number of rotatable bonds is 2. The van der Waals surface area contributed by atoms with Crippen LogP contribution in [0.3, 0.4) is 0 Å². The Morgan fingerprint density at radius 1 is 1.40 bits per heavy atom. The minimum Gasteiger partial charge on any atom is -0.465 e. The molecule has 0 unspecified atom stereocenters. The lowest BCUT2D eigenvalue weighted by Gasteiger charge is -2.36. The Kier molecular flexibility index (Phi) is 5.48. The lowest BCUT2D eigenvalue weighted by molar-refractivity contribution is -0.0473. The normalized spacial score (nSPS) is 20.6. The molecule has 0 spiro atoms. The first-order valence-corrected chi connectivity index (χ1v) is 9.51. The van der Waals surface area contributed by atoms with Gasteiger partial charge in [-0.1, -0.05) is 11.6 Å². The van der Waals surface area contributed by atoms with Crippen molar-refractivity contribution in [3.63, 3.8) is 0 Å². The second-order valence-corrected chi connectivity index (χ2v) is 7.86. The number of halogens is 1. The average Bonchev–Trinajstić information content (AvgIpc) is 2.89. The molecule has 0 amide bonds. The molecular formula is C17H19ClN2O3S2. The number of nitrogens with one attached hydrogen (secondary N) is 1. The Hall–Kier alpha value is -1.41. The van der Waals surface area contributed by atoms with Crippen molar-refractivity contribution in [3.8, 4) is 0 Å². The minimum atomic E-state index is -0.424. The van der Waals surface area contributed by atoms with Crippen molar-refractivity contribution in [2.45, 2.75) is 26.1 Å². The van der Waals surface area contributed by atoms with Gasteiger partial charge in [0.25, 0.3) is 0 Å². The highest BCUT2D eigenvalue weighted by molar-refractivity contribution is 7.80. The monoisotopic (exact) mass is 398 g/mol. The van der Waals surface area contributed by atoms with Crippen molar-refractivity contribution in [2.75, 3.05) is 25.5 Å². The second kappa shape index (κ2) is 7.45. The Balaban J connectivity index is 1.80. The molecule has 2 aromatic rings. The van der Waals surface area contributed by atoms with Gasteiger partial charge in [-0.3, -0.25) is 0 Å². The number of carbonyl (C=O) groups is 1. The topological polar surface area (TPSA) is 50.8 Å². The van der Waals surface area contributed by atoms with E-state index in [0.29, 0.717) is 15.0 Å². The first-order valence-electron chi connectivity index (χ1n) is 7.90. The molecule has 1 saturated heterocycles. The highest BCUT2D eigenvalue weighted by Crippen LogP contribution is 2.37. The highest BCUT2D eigenvalue weighted by Gasteiger charge is 2.24. The Labute approximate surface area is 160 Å². The largest absolute Gasteiger partial charge is 0.465 e. The van der Waals surface area contributed by atoms with E-state index in [4.69, 9.17) is 33.3 Å². The smallest absolute Gasteiger partial charge is 0.349 e. The summed E-state index contributed by atoms with van der Waals surface area (Å²) >= 11 is 13.1. The lowest BCUT2D eigenvalue weighted by atomic mass is 10.2. The number of fused-ring (bicyclic) bond motifs is 1.